The Morgan fingerprint density at radius 1 is 1.25 bits per heavy atom. The molecule has 0 aliphatic carbocycles. The van der Waals surface area contributed by atoms with E-state index in [-0.39, 0.29) is 12.2 Å². The van der Waals surface area contributed by atoms with Gasteiger partial charge in [0.05, 0.1) is 5.56 Å². The molecule has 0 radical (unpaired) electrons. The Labute approximate surface area is 114 Å². The smallest absolute Gasteiger partial charge is 0.339 e. The van der Waals surface area contributed by atoms with E-state index in [0.717, 1.165) is 0 Å². The van der Waals surface area contributed by atoms with Gasteiger partial charge in [0.2, 0.25) is 0 Å². The lowest BCUT2D eigenvalue weighted by Crippen LogP contribution is -2.58. The van der Waals surface area contributed by atoms with E-state index in [1.807, 2.05) is 0 Å². The molecule has 1 fully saturated rings. The third-order valence-corrected chi connectivity index (χ3v) is 2.96. The van der Waals surface area contributed by atoms with E-state index in [9.17, 15) is 25.2 Å². The van der Waals surface area contributed by atoms with E-state index in [4.69, 9.17) is 9.47 Å². The van der Waals surface area contributed by atoms with Crippen LogP contribution in [-0.4, -0.2) is 68.7 Å². The summed E-state index contributed by atoms with van der Waals surface area (Å²) in [7, 11) is 0. The summed E-state index contributed by atoms with van der Waals surface area (Å²) >= 11 is 0. The van der Waals surface area contributed by atoms with Crippen LogP contribution in [-0.2, 0) is 9.47 Å². The number of aliphatic hydroxyl groups excluding tert-OH is 4. The highest BCUT2D eigenvalue weighted by Gasteiger charge is 2.43. The number of carbonyl (C=O) groups is 1. The molecule has 0 aromatic carbocycles. The summed E-state index contributed by atoms with van der Waals surface area (Å²) in [5.74, 6) is -0.677. The van der Waals surface area contributed by atoms with Gasteiger partial charge in [0.25, 0.3) is 0 Å². The topological polar surface area (TPSA) is 129 Å². The number of hydrogen-bond acceptors (Lipinski definition) is 8. The number of ether oxygens (including phenoxy) is 2. The predicted molar refractivity (Wildman–Crippen MR) is 63.4 cm³/mol. The van der Waals surface area contributed by atoms with Crippen molar-refractivity contribution >= 4 is 5.97 Å². The van der Waals surface area contributed by atoms with E-state index in [0.29, 0.717) is 0 Å². The highest BCUT2D eigenvalue weighted by atomic mass is 16.6. The first-order chi connectivity index (χ1) is 9.50. The quantitative estimate of drug-likeness (QED) is 0.471. The molecule has 1 aliphatic heterocycles. The van der Waals surface area contributed by atoms with Crippen molar-refractivity contribution in [1.29, 1.82) is 0 Å². The normalized spacial score (nSPS) is 33.7. The van der Waals surface area contributed by atoms with Crippen molar-refractivity contribution in [2.24, 2.45) is 0 Å². The largest absolute Gasteiger partial charge is 0.459 e. The van der Waals surface area contributed by atoms with Crippen LogP contribution in [0.3, 0.4) is 0 Å². The van der Waals surface area contributed by atoms with E-state index in [1.165, 1.54) is 18.5 Å². The van der Waals surface area contributed by atoms with Crippen molar-refractivity contribution in [1.82, 2.24) is 4.98 Å². The molecule has 0 amide bonds. The number of hydrogen-bond donors (Lipinski definition) is 4. The first-order valence-electron chi connectivity index (χ1n) is 5.95. The maximum absolute atomic E-state index is 11.6. The molecule has 0 saturated carbocycles. The van der Waals surface area contributed by atoms with Gasteiger partial charge in [-0.05, 0) is 12.1 Å². The minimum atomic E-state index is -1.66. The summed E-state index contributed by atoms with van der Waals surface area (Å²) in [5.41, 5.74) is 0.221. The monoisotopic (exact) mass is 285 g/mol. The van der Waals surface area contributed by atoms with E-state index >= 15 is 0 Å². The maximum Gasteiger partial charge on any atom is 0.339 e. The fourth-order valence-electron chi connectivity index (χ4n) is 1.79. The minimum absolute atomic E-state index is 0.221. The number of pyridine rings is 1. The SMILES string of the molecule is O=C(OC[C@H]1OC(O)[C@H](O)[C@@H](O)[C@@H]1O)c1cccnc1. The molecule has 1 aliphatic rings. The molecule has 1 aromatic rings. The molecule has 0 spiro atoms. The Morgan fingerprint density at radius 2 is 2.00 bits per heavy atom. The van der Waals surface area contributed by atoms with Crippen LogP contribution in [0.2, 0.25) is 0 Å². The molecule has 1 unspecified atom stereocenters. The Balaban J connectivity index is 1.92. The second-order valence-corrected chi connectivity index (χ2v) is 4.38. The van der Waals surface area contributed by atoms with Crippen LogP contribution in [0, 0.1) is 0 Å². The second-order valence-electron chi connectivity index (χ2n) is 4.38. The van der Waals surface area contributed by atoms with Crippen LogP contribution in [0.25, 0.3) is 0 Å². The van der Waals surface area contributed by atoms with Gasteiger partial charge in [0.15, 0.2) is 6.29 Å². The zero-order valence-corrected chi connectivity index (χ0v) is 10.4. The fraction of sp³-hybridized carbons (Fsp3) is 0.500. The van der Waals surface area contributed by atoms with Crippen molar-refractivity contribution in [2.75, 3.05) is 6.61 Å². The molecule has 0 bridgehead atoms. The summed E-state index contributed by atoms with van der Waals surface area (Å²) in [6.07, 6.45) is -4.65. The second kappa shape index (κ2) is 6.25. The van der Waals surface area contributed by atoms with Crippen LogP contribution >= 0.6 is 0 Å². The van der Waals surface area contributed by atoms with Gasteiger partial charge >= 0.3 is 5.97 Å². The van der Waals surface area contributed by atoms with Gasteiger partial charge in [-0.25, -0.2) is 4.79 Å². The number of nitrogens with zero attached hydrogens (tertiary/aromatic N) is 1. The Hall–Kier alpha value is -1.58. The van der Waals surface area contributed by atoms with Gasteiger partial charge in [-0.3, -0.25) is 4.98 Å². The summed E-state index contributed by atoms with van der Waals surface area (Å²) in [5, 5.41) is 37.8. The number of rotatable bonds is 3. The van der Waals surface area contributed by atoms with Crippen LogP contribution in [0.4, 0.5) is 0 Å². The lowest BCUT2D eigenvalue weighted by molar-refractivity contribution is -0.286. The van der Waals surface area contributed by atoms with Crippen molar-refractivity contribution in [2.45, 2.75) is 30.7 Å². The molecular weight excluding hydrogens is 270 g/mol. The molecule has 110 valence electrons. The minimum Gasteiger partial charge on any atom is -0.459 e. The highest BCUT2D eigenvalue weighted by molar-refractivity contribution is 5.88. The maximum atomic E-state index is 11.6. The molecule has 2 heterocycles. The Morgan fingerprint density at radius 3 is 2.65 bits per heavy atom. The highest BCUT2D eigenvalue weighted by Crippen LogP contribution is 2.20. The number of esters is 1. The Bertz CT molecular complexity index is 454. The van der Waals surface area contributed by atoms with Gasteiger partial charge in [0, 0.05) is 12.4 Å². The average Bonchev–Trinajstić information content (AvgIpc) is 2.48. The lowest BCUT2D eigenvalue weighted by atomic mass is 9.99. The van der Waals surface area contributed by atoms with Gasteiger partial charge in [-0.2, -0.15) is 0 Å². The van der Waals surface area contributed by atoms with Gasteiger partial charge < -0.3 is 29.9 Å². The van der Waals surface area contributed by atoms with E-state index < -0.39 is 36.7 Å². The predicted octanol–water partition coefficient (Wildman–Crippen LogP) is -1.96. The summed E-state index contributed by atoms with van der Waals surface area (Å²) < 4.78 is 9.77. The number of aliphatic hydroxyl groups is 4. The first-order valence-corrected chi connectivity index (χ1v) is 5.95. The van der Waals surface area contributed by atoms with E-state index in [2.05, 4.69) is 4.98 Å². The van der Waals surface area contributed by atoms with Gasteiger partial charge in [-0.1, -0.05) is 0 Å². The molecule has 8 heteroatoms. The molecule has 1 aromatic heterocycles. The lowest BCUT2D eigenvalue weighted by Gasteiger charge is -2.37. The number of carbonyl (C=O) groups excluding carboxylic acids is 1. The molecule has 8 nitrogen and oxygen atoms in total. The molecule has 2 rings (SSSR count). The van der Waals surface area contributed by atoms with Crippen LogP contribution in [0.5, 0.6) is 0 Å². The van der Waals surface area contributed by atoms with Gasteiger partial charge in [0.1, 0.15) is 31.0 Å². The zero-order valence-electron chi connectivity index (χ0n) is 10.4. The summed E-state index contributed by atoms with van der Waals surface area (Å²) in [6, 6.07) is 3.06. The third-order valence-electron chi connectivity index (χ3n) is 2.96. The van der Waals surface area contributed by atoms with Crippen molar-refractivity contribution < 1.29 is 34.7 Å². The third kappa shape index (κ3) is 3.11. The van der Waals surface area contributed by atoms with Crippen molar-refractivity contribution in [3.05, 3.63) is 30.1 Å². The zero-order chi connectivity index (χ0) is 14.7. The molecule has 20 heavy (non-hydrogen) atoms. The summed E-state index contributed by atoms with van der Waals surface area (Å²) in [4.78, 5) is 15.4. The van der Waals surface area contributed by atoms with Crippen molar-refractivity contribution in [3.63, 3.8) is 0 Å². The molecule has 4 N–H and O–H groups in total. The van der Waals surface area contributed by atoms with Crippen LogP contribution < -0.4 is 0 Å². The standard InChI is InChI=1S/C12H15NO7/c14-8-7(20-12(18)10(16)9(8)15)5-19-11(17)6-2-1-3-13-4-6/h1-4,7-10,12,14-16,18H,5H2/t7-,8-,9+,10-,12?/m1/s1. The van der Waals surface area contributed by atoms with Crippen LogP contribution in [0.15, 0.2) is 24.5 Å². The molecule has 1 saturated heterocycles. The Kier molecular flexibility index (Phi) is 4.63. The van der Waals surface area contributed by atoms with Gasteiger partial charge in [-0.15, -0.1) is 0 Å². The molecular formula is C12H15NO7. The van der Waals surface area contributed by atoms with E-state index in [1.54, 1.807) is 6.07 Å². The summed E-state index contributed by atoms with van der Waals surface area (Å²) in [6.45, 7) is -0.379. The average molecular weight is 285 g/mol. The number of aromatic nitrogens is 1. The first kappa shape index (κ1) is 14.8. The fourth-order valence-corrected chi connectivity index (χ4v) is 1.79. The molecule has 5 atom stereocenters. The van der Waals surface area contributed by atoms with Crippen LogP contribution in [0.1, 0.15) is 10.4 Å². The van der Waals surface area contributed by atoms with Crippen molar-refractivity contribution in [3.8, 4) is 0 Å².